The van der Waals surface area contributed by atoms with Gasteiger partial charge in [0.15, 0.2) is 0 Å². The summed E-state index contributed by atoms with van der Waals surface area (Å²) < 4.78 is 5.87. The van der Waals surface area contributed by atoms with E-state index in [0.717, 1.165) is 31.5 Å². The number of hydrogen-bond acceptors (Lipinski definition) is 2. The number of nitrogens with one attached hydrogen (secondary N) is 1. The summed E-state index contributed by atoms with van der Waals surface area (Å²) in [5, 5.41) is 3.41. The third kappa shape index (κ3) is 6.16. The van der Waals surface area contributed by atoms with Crippen LogP contribution in [0.3, 0.4) is 0 Å². The number of ether oxygens (including phenoxy) is 1. The predicted octanol–water partition coefficient (Wildman–Crippen LogP) is 2.83. The van der Waals surface area contributed by atoms with E-state index in [-0.39, 0.29) is 0 Å². The fourth-order valence-corrected chi connectivity index (χ4v) is 2.22. The molecule has 0 saturated heterocycles. The highest BCUT2D eigenvalue weighted by atomic mass is 16.5. The second-order valence-electron chi connectivity index (χ2n) is 5.36. The van der Waals surface area contributed by atoms with Gasteiger partial charge in [-0.3, -0.25) is 0 Å². The minimum atomic E-state index is 0.537. The first kappa shape index (κ1) is 13.0. The molecule has 0 aromatic rings. The SMILES string of the molecule is CC(C)CNCCOC1CCCC(C)C1. The first-order valence-electron chi connectivity index (χ1n) is 6.50. The van der Waals surface area contributed by atoms with Crippen molar-refractivity contribution >= 4 is 0 Å². The van der Waals surface area contributed by atoms with E-state index in [1.54, 1.807) is 0 Å². The molecule has 0 aliphatic heterocycles. The average Bonchev–Trinajstić information content (AvgIpc) is 2.17. The average molecular weight is 213 g/mol. The van der Waals surface area contributed by atoms with E-state index < -0.39 is 0 Å². The molecular formula is C13H27NO. The lowest BCUT2D eigenvalue weighted by molar-refractivity contribution is 0.0173. The van der Waals surface area contributed by atoms with Crippen molar-refractivity contribution < 1.29 is 4.74 Å². The first-order valence-corrected chi connectivity index (χ1v) is 6.50. The molecule has 1 saturated carbocycles. The Bertz CT molecular complexity index is 159. The topological polar surface area (TPSA) is 21.3 Å². The number of hydrogen-bond donors (Lipinski definition) is 1. The van der Waals surface area contributed by atoms with Gasteiger partial charge in [-0.1, -0.05) is 33.6 Å². The van der Waals surface area contributed by atoms with Crippen LogP contribution in [0, 0.1) is 11.8 Å². The van der Waals surface area contributed by atoms with Gasteiger partial charge in [0.25, 0.3) is 0 Å². The molecule has 0 heterocycles. The highest BCUT2D eigenvalue weighted by molar-refractivity contribution is 4.70. The van der Waals surface area contributed by atoms with E-state index in [0.29, 0.717) is 6.10 Å². The fraction of sp³-hybridized carbons (Fsp3) is 1.00. The predicted molar refractivity (Wildman–Crippen MR) is 65.1 cm³/mol. The van der Waals surface area contributed by atoms with E-state index in [9.17, 15) is 0 Å². The zero-order valence-corrected chi connectivity index (χ0v) is 10.6. The zero-order valence-electron chi connectivity index (χ0n) is 10.6. The smallest absolute Gasteiger partial charge is 0.0594 e. The van der Waals surface area contributed by atoms with Crippen LogP contribution in [-0.4, -0.2) is 25.8 Å². The summed E-state index contributed by atoms with van der Waals surface area (Å²) in [5.74, 6) is 1.60. The van der Waals surface area contributed by atoms with Crippen molar-refractivity contribution in [1.29, 1.82) is 0 Å². The molecule has 15 heavy (non-hydrogen) atoms. The van der Waals surface area contributed by atoms with Gasteiger partial charge in [-0.05, 0) is 31.2 Å². The van der Waals surface area contributed by atoms with E-state index in [2.05, 4.69) is 26.1 Å². The molecule has 2 heteroatoms. The Morgan fingerprint density at radius 2 is 2.13 bits per heavy atom. The Morgan fingerprint density at radius 1 is 1.33 bits per heavy atom. The standard InChI is InChI=1S/C13H27NO/c1-11(2)10-14-7-8-15-13-6-4-5-12(3)9-13/h11-14H,4-10H2,1-3H3. The van der Waals surface area contributed by atoms with Crippen LogP contribution in [0.15, 0.2) is 0 Å². The van der Waals surface area contributed by atoms with Gasteiger partial charge in [-0.25, -0.2) is 0 Å². The molecule has 0 aromatic carbocycles. The molecule has 2 unspecified atom stereocenters. The monoisotopic (exact) mass is 213 g/mol. The van der Waals surface area contributed by atoms with Crippen LogP contribution in [0.25, 0.3) is 0 Å². The largest absolute Gasteiger partial charge is 0.377 e. The zero-order chi connectivity index (χ0) is 11.1. The third-order valence-electron chi connectivity index (χ3n) is 3.07. The maximum absolute atomic E-state index is 5.87. The molecule has 0 aromatic heterocycles. The molecule has 1 fully saturated rings. The highest BCUT2D eigenvalue weighted by Crippen LogP contribution is 2.25. The second-order valence-corrected chi connectivity index (χ2v) is 5.36. The van der Waals surface area contributed by atoms with E-state index in [1.807, 2.05) is 0 Å². The normalized spacial score (nSPS) is 27.2. The van der Waals surface area contributed by atoms with Crippen molar-refractivity contribution in [2.75, 3.05) is 19.7 Å². The molecule has 0 spiro atoms. The Hall–Kier alpha value is -0.0800. The van der Waals surface area contributed by atoms with Crippen LogP contribution in [0.1, 0.15) is 46.5 Å². The summed E-state index contributed by atoms with van der Waals surface area (Å²) in [7, 11) is 0. The van der Waals surface area contributed by atoms with Gasteiger partial charge in [0.1, 0.15) is 0 Å². The second kappa shape index (κ2) is 7.24. The number of rotatable bonds is 6. The summed E-state index contributed by atoms with van der Waals surface area (Å²) in [6.45, 7) is 9.79. The van der Waals surface area contributed by atoms with Gasteiger partial charge >= 0.3 is 0 Å². The summed E-state index contributed by atoms with van der Waals surface area (Å²) in [4.78, 5) is 0. The van der Waals surface area contributed by atoms with E-state index in [4.69, 9.17) is 4.74 Å². The summed E-state index contributed by atoms with van der Waals surface area (Å²) in [6, 6.07) is 0. The van der Waals surface area contributed by atoms with Gasteiger partial charge in [0.05, 0.1) is 12.7 Å². The minimum absolute atomic E-state index is 0.537. The molecule has 1 aliphatic rings. The minimum Gasteiger partial charge on any atom is -0.377 e. The molecule has 0 radical (unpaired) electrons. The summed E-state index contributed by atoms with van der Waals surface area (Å²) >= 11 is 0. The van der Waals surface area contributed by atoms with Crippen LogP contribution in [0.5, 0.6) is 0 Å². The Labute approximate surface area is 94.8 Å². The van der Waals surface area contributed by atoms with Crippen molar-refractivity contribution in [3.63, 3.8) is 0 Å². The van der Waals surface area contributed by atoms with Crippen molar-refractivity contribution in [3.8, 4) is 0 Å². The van der Waals surface area contributed by atoms with Crippen LogP contribution >= 0.6 is 0 Å². The molecule has 0 bridgehead atoms. The maximum atomic E-state index is 5.87. The van der Waals surface area contributed by atoms with Gasteiger partial charge in [-0.2, -0.15) is 0 Å². The Morgan fingerprint density at radius 3 is 2.80 bits per heavy atom. The lowest BCUT2D eigenvalue weighted by atomic mass is 9.89. The van der Waals surface area contributed by atoms with Crippen molar-refractivity contribution in [3.05, 3.63) is 0 Å². The first-order chi connectivity index (χ1) is 7.18. The lowest BCUT2D eigenvalue weighted by Gasteiger charge is -2.26. The van der Waals surface area contributed by atoms with Crippen molar-refractivity contribution in [1.82, 2.24) is 5.32 Å². The quantitative estimate of drug-likeness (QED) is 0.685. The molecule has 2 nitrogen and oxygen atoms in total. The van der Waals surface area contributed by atoms with Gasteiger partial charge < -0.3 is 10.1 Å². The van der Waals surface area contributed by atoms with Gasteiger partial charge in [-0.15, -0.1) is 0 Å². The van der Waals surface area contributed by atoms with Crippen molar-refractivity contribution in [2.24, 2.45) is 11.8 Å². The molecule has 90 valence electrons. The van der Waals surface area contributed by atoms with Crippen LogP contribution in [0.2, 0.25) is 0 Å². The summed E-state index contributed by atoms with van der Waals surface area (Å²) in [5.41, 5.74) is 0. The Kier molecular flexibility index (Phi) is 6.26. The van der Waals surface area contributed by atoms with Crippen LogP contribution in [-0.2, 0) is 4.74 Å². The molecular weight excluding hydrogens is 186 g/mol. The molecule has 1 aliphatic carbocycles. The maximum Gasteiger partial charge on any atom is 0.0594 e. The molecule has 1 N–H and O–H groups in total. The van der Waals surface area contributed by atoms with E-state index >= 15 is 0 Å². The van der Waals surface area contributed by atoms with Gasteiger partial charge in [0, 0.05) is 6.54 Å². The van der Waals surface area contributed by atoms with Crippen LogP contribution in [0.4, 0.5) is 0 Å². The third-order valence-corrected chi connectivity index (χ3v) is 3.07. The van der Waals surface area contributed by atoms with Crippen LogP contribution < -0.4 is 5.32 Å². The lowest BCUT2D eigenvalue weighted by Crippen LogP contribution is -2.28. The fourth-order valence-electron chi connectivity index (χ4n) is 2.22. The molecule has 1 rings (SSSR count). The molecule has 0 amide bonds. The van der Waals surface area contributed by atoms with Crippen molar-refractivity contribution in [2.45, 2.75) is 52.6 Å². The van der Waals surface area contributed by atoms with Gasteiger partial charge in [0.2, 0.25) is 0 Å². The highest BCUT2D eigenvalue weighted by Gasteiger charge is 2.18. The Balaban J connectivity index is 1.95. The molecule has 2 atom stereocenters. The van der Waals surface area contributed by atoms with E-state index in [1.165, 1.54) is 25.7 Å². The summed E-state index contributed by atoms with van der Waals surface area (Å²) in [6.07, 6.45) is 5.82.